The molecule has 6 nitrogen and oxygen atoms in total. The fourth-order valence-electron chi connectivity index (χ4n) is 1.44. The summed E-state index contributed by atoms with van der Waals surface area (Å²) in [7, 11) is 0. The van der Waals surface area contributed by atoms with Gasteiger partial charge in [-0.3, -0.25) is 0 Å². The van der Waals surface area contributed by atoms with Gasteiger partial charge < -0.3 is 15.4 Å². The van der Waals surface area contributed by atoms with Crippen LogP contribution < -0.4 is 15.4 Å². The van der Waals surface area contributed by atoms with Crippen molar-refractivity contribution in [2.24, 2.45) is 0 Å². The van der Waals surface area contributed by atoms with Gasteiger partial charge in [0.1, 0.15) is 0 Å². The van der Waals surface area contributed by atoms with Gasteiger partial charge in [0, 0.05) is 18.3 Å². The first-order valence-corrected chi connectivity index (χ1v) is 8.27. The summed E-state index contributed by atoms with van der Waals surface area (Å²) in [4.78, 5) is 12.8. The maximum Gasteiger partial charge on any atom is 0.323 e. The van der Waals surface area contributed by atoms with E-state index < -0.39 is 0 Å². The van der Waals surface area contributed by atoms with Crippen molar-refractivity contribution in [3.63, 3.8) is 0 Å². The molecule has 1 aromatic rings. The Hall–Kier alpha value is -1.24. The molecule has 1 unspecified atom stereocenters. The smallest absolute Gasteiger partial charge is 0.323 e. The van der Waals surface area contributed by atoms with Crippen LogP contribution in [-0.4, -0.2) is 45.7 Å². The first-order chi connectivity index (χ1) is 9.55. The van der Waals surface area contributed by atoms with Crippen LogP contribution in [0, 0.1) is 0 Å². The van der Waals surface area contributed by atoms with E-state index in [1.807, 2.05) is 32.5 Å². The second-order valence-electron chi connectivity index (χ2n) is 4.72. The zero-order valence-electron chi connectivity index (χ0n) is 12.9. The highest BCUT2D eigenvalue weighted by atomic mass is 32.2. The minimum Gasteiger partial charge on any atom is -0.461 e. The minimum atomic E-state index is 0.0382. The Bertz CT molecular complexity index is 402. The third kappa shape index (κ3) is 6.27. The normalized spacial score (nSPS) is 12.3. The van der Waals surface area contributed by atoms with Crippen LogP contribution in [0.15, 0.2) is 0 Å². The van der Waals surface area contributed by atoms with Crippen molar-refractivity contribution in [3.05, 3.63) is 0 Å². The van der Waals surface area contributed by atoms with Gasteiger partial charge in [0.05, 0.1) is 6.10 Å². The summed E-state index contributed by atoms with van der Waals surface area (Å²) in [5.41, 5.74) is 0. The first-order valence-electron chi connectivity index (χ1n) is 6.98. The molecule has 0 bridgehead atoms. The quantitative estimate of drug-likeness (QED) is 0.726. The third-order valence-electron chi connectivity index (χ3n) is 2.53. The maximum atomic E-state index is 5.54. The number of nitrogens with zero attached hydrogens (tertiary/aromatic N) is 3. The van der Waals surface area contributed by atoms with Crippen molar-refractivity contribution in [1.82, 2.24) is 15.0 Å². The maximum absolute atomic E-state index is 5.54. The Morgan fingerprint density at radius 3 is 2.30 bits per heavy atom. The SMILES string of the molecule is CCNc1nc(NCCC(C)SC)nc(OC(C)C)n1. The fourth-order valence-corrected chi connectivity index (χ4v) is 1.79. The van der Waals surface area contributed by atoms with Crippen LogP contribution in [0.25, 0.3) is 0 Å². The highest BCUT2D eigenvalue weighted by Crippen LogP contribution is 2.14. The van der Waals surface area contributed by atoms with Crippen LogP contribution in [0.3, 0.4) is 0 Å². The van der Waals surface area contributed by atoms with Crippen LogP contribution in [0.4, 0.5) is 11.9 Å². The minimum absolute atomic E-state index is 0.0382. The Morgan fingerprint density at radius 2 is 1.75 bits per heavy atom. The van der Waals surface area contributed by atoms with Gasteiger partial charge in [0.2, 0.25) is 11.9 Å². The monoisotopic (exact) mass is 299 g/mol. The molecular formula is C13H25N5OS. The Morgan fingerprint density at radius 1 is 1.10 bits per heavy atom. The van der Waals surface area contributed by atoms with Crippen molar-refractivity contribution >= 4 is 23.7 Å². The summed E-state index contributed by atoms with van der Waals surface area (Å²) in [5.74, 6) is 1.10. The molecule has 0 aliphatic carbocycles. The van der Waals surface area contributed by atoms with E-state index in [0.717, 1.165) is 19.5 Å². The highest BCUT2D eigenvalue weighted by molar-refractivity contribution is 7.99. The van der Waals surface area contributed by atoms with Crippen molar-refractivity contribution in [1.29, 1.82) is 0 Å². The van der Waals surface area contributed by atoms with Crippen LogP contribution in [0.1, 0.15) is 34.1 Å². The summed E-state index contributed by atoms with van der Waals surface area (Å²) in [6.45, 7) is 9.69. The van der Waals surface area contributed by atoms with Gasteiger partial charge in [-0.15, -0.1) is 0 Å². The summed E-state index contributed by atoms with van der Waals surface area (Å²) >= 11 is 1.85. The molecule has 0 radical (unpaired) electrons. The number of ether oxygens (including phenoxy) is 1. The average molecular weight is 299 g/mol. The number of aromatic nitrogens is 3. The first kappa shape index (κ1) is 16.8. The van der Waals surface area contributed by atoms with Crippen molar-refractivity contribution in [2.45, 2.75) is 45.5 Å². The van der Waals surface area contributed by atoms with E-state index in [-0.39, 0.29) is 6.10 Å². The molecule has 0 aliphatic rings. The molecule has 0 saturated carbocycles. The second kappa shape index (κ2) is 8.84. The number of anilines is 2. The van der Waals surface area contributed by atoms with Crippen LogP contribution >= 0.6 is 11.8 Å². The van der Waals surface area contributed by atoms with Gasteiger partial charge >= 0.3 is 6.01 Å². The molecule has 0 saturated heterocycles. The van der Waals surface area contributed by atoms with Gasteiger partial charge in [0.15, 0.2) is 0 Å². The summed E-state index contributed by atoms with van der Waals surface area (Å²) in [5, 5.41) is 6.93. The summed E-state index contributed by atoms with van der Waals surface area (Å²) < 4.78 is 5.54. The fraction of sp³-hybridized carbons (Fsp3) is 0.769. The lowest BCUT2D eigenvalue weighted by atomic mass is 10.3. The standard InChI is InChI=1S/C13H25N5OS/c1-6-14-11-16-12(15-8-7-10(4)20-5)18-13(17-11)19-9(2)3/h9-10H,6-8H2,1-5H3,(H2,14,15,16,17,18). The van der Waals surface area contributed by atoms with Gasteiger partial charge in [-0.25, -0.2) is 0 Å². The number of hydrogen-bond donors (Lipinski definition) is 2. The molecule has 1 rings (SSSR count). The van der Waals surface area contributed by atoms with E-state index in [1.165, 1.54) is 0 Å². The molecule has 2 N–H and O–H groups in total. The molecule has 0 fully saturated rings. The van der Waals surface area contributed by atoms with E-state index in [4.69, 9.17) is 4.74 Å². The van der Waals surface area contributed by atoms with E-state index in [0.29, 0.717) is 23.2 Å². The van der Waals surface area contributed by atoms with E-state index >= 15 is 0 Å². The molecule has 1 heterocycles. The number of rotatable bonds is 9. The lowest BCUT2D eigenvalue weighted by molar-refractivity contribution is 0.222. The topological polar surface area (TPSA) is 72.0 Å². The molecule has 0 aliphatic heterocycles. The predicted octanol–water partition coefficient (Wildman–Crippen LogP) is 2.64. The molecule has 0 amide bonds. The van der Waals surface area contributed by atoms with Gasteiger partial charge in [-0.05, 0) is 33.4 Å². The van der Waals surface area contributed by atoms with Gasteiger partial charge in [-0.2, -0.15) is 26.7 Å². The van der Waals surface area contributed by atoms with Crippen LogP contribution in [0.2, 0.25) is 0 Å². The van der Waals surface area contributed by atoms with Crippen molar-refractivity contribution in [3.8, 4) is 6.01 Å². The lowest BCUT2D eigenvalue weighted by Crippen LogP contribution is -2.15. The average Bonchev–Trinajstić information content (AvgIpc) is 2.37. The van der Waals surface area contributed by atoms with Crippen LogP contribution in [-0.2, 0) is 0 Å². The van der Waals surface area contributed by atoms with E-state index in [9.17, 15) is 0 Å². The molecule has 0 aromatic carbocycles. The second-order valence-corrected chi connectivity index (χ2v) is 6.00. The van der Waals surface area contributed by atoms with Crippen LogP contribution in [0.5, 0.6) is 6.01 Å². The third-order valence-corrected chi connectivity index (χ3v) is 3.57. The van der Waals surface area contributed by atoms with E-state index in [1.54, 1.807) is 0 Å². The number of thioether (sulfide) groups is 1. The highest BCUT2D eigenvalue weighted by Gasteiger charge is 2.09. The predicted molar refractivity (Wildman–Crippen MR) is 85.8 cm³/mol. The molecule has 114 valence electrons. The van der Waals surface area contributed by atoms with Gasteiger partial charge in [-0.1, -0.05) is 6.92 Å². The molecular weight excluding hydrogens is 274 g/mol. The van der Waals surface area contributed by atoms with E-state index in [2.05, 4.69) is 38.8 Å². The molecule has 7 heteroatoms. The Balaban J connectivity index is 2.69. The molecule has 1 atom stereocenters. The van der Waals surface area contributed by atoms with Crippen molar-refractivity contribution < 1.29 is 4.74 Å². The largest absolute Gasteiger partial charge is 0.461 e. The molecule has 0 spiro atoms. The Labute approximate surface area is 125 Å². The molecule has 1 aromatic heterocycles. The van der Waals surface area contributed by atoms with Crippen molar-refractivity contribution in [2.75, 3.05) is 30.0 Å². The zero-order chi connectivity index (χ0) is 15.0. The molecule has 20 heavy (non-hydrogen) atoms. The zero-order valence-corrected chi connectivity index (χ0v) is 13.8. The summed E-state index contributed by atoms with van der Waals surface area (Å²) in [6.07, 6.45) is 3.21. The van der Waals surface area contributed by atoms with Gasteiger partial charge in [0.25, 0.3) is 0 Å². The number of nitrogens with one attached hydrogen (secondary N) is 2. The Kier molecular flexibility index (Phi) is 7.43. The summed E-state index contributed by atoms with van der Waals surface area (Å²) in [6, 6.07) is 0.353. The lowest BCUT2D eigenvalue weighted by Gasteiger charge is -2.12. The number of hydrogen-bond acceptors (Lipinski definition) is 7.